The lowest BCUT2D eigenvalue weighted by Crippen LogP contribution is -2.52. The Morgan fingerprint density at radius 2 is 2.04 bits per heavy atom. The molecule has 3 rings (SSSR count). The number of nitrogens with zero attached hydrogens (tertiary/aromatic N) is 6. The van der Waals surface area contributed by atoms with Crippen LogP contribution in [0.2, 0.25) is 0 Å². The molecular weight excluding hydrogens is 360 g/mol. The van der Waals surface area contributed by atoms with Gasteiger partial charge in [0.15, 0.2) is 0 Å². The van der Waals surface area contributed by atoms with Gasteiger partial charge < -0.3 is 4.90 Å². The van der Waals surface area contributed by atoms with Crippen LogP contribution in [0.15, 0.2) is 29.4 Å². The molecule has 1 atom stereocenters. The van der Waals surface area contributed by atoms with Crippen molar-refractivity contribution in [2.24, 2.45) is 0 Å². The summed E-state index contributed by atoms with van der Waals surface area (Å²) in [7, 11) is 1.75. The monoisotopic (exact) mass is 384 g/mol. The van der Waals surface area contributed by atoms with Crippen LogP contribution in [-0.4, -0.2) is 48.9 Å². The minimum absolute atomic E-state index is 0.0669. The van der Waals surface area contributed by atoms with E-state index in [1.807, 2.05) is 38.1 Å². The largest absolute Gasteiger partial charge is 0.326 e. The Morgan fingerprint density at radius 1 is 1.33 bits per heavy atom. The topological polar surface area (TPSA) is 87.7 Å². The number of carbonyl (C=O) groups excluding carboxylic acids is 1. The summed E-state index contributed by atoms with van der Waals surface area (Å²) in [5, 5.41) is 21.9. The third-order valence-corrected chi connectivity index (χ3v) is 6.30. The third kappa shape index (κ3) is 3.83. The number of hydrogen-bond donors (Lipinski definition) is 0. The maximum atomic E-state index is 13.0. The molecule has 1 fully saturated rings. The average molecular weight is 385 g/mol. The molecule has 142 valence electrons. The zero-order valence-corrected chi connectivity index (χ0v) is 16.7. The highest BCUT2D eigenvalue weighted by Gasteiger charge is 2.40. The number of aromatic nitrogens is 4. The number of para-hydroxylation sites is 1. The van der Waals surface area contributed by atoms with Crippen molar-refractivity contribution in [2.45, 2.75) is 61.9 Å². The predicted molar refractivity (Wildman–Crippen MR) is 103 cm³/mol. The molecule has 0 saturated heterocycles. The molecule has 1 heterocycles. The summed E-state index contributed by atoms with van der Waals surface area (Å²) in [6, 6.07) is 10.2. The molecule has 2 aromatic rings. The second kappa shape index (κ2) is 8.09. The summed E-state index contributed by atoms with van der Waals surface area (Å²) >= 11 is 1.32. The van der Waals surface area contributed by atoms with E-state index < -0.39 is 10.8 Å². The van der Waals surface area contributed by atoms with Gasteiger partial charge in [0.1, 0.15) is 5.54 Å². The van der Waals surface area contributed by atoms with Gasteiger partial charge in [0.25, 0.3) is 0 Å². The molecule has 7 nitrogen and oxygen atoms in total. The van der Waals surface area contributed by atoms with Crippen molar-refractivity contribution in [2.75, 3.05) is 7.05 Å². The van der Waals surface area contributed by atoms with Crippen molar-refractivity contribution in [3.8, 4) is 11.8 Å². The van der Waals surface area contributed by atoms with Crippen molar-refractivity contribution in [1.82, 2.24) is 25.1 Å². The van der Waals surface area contributed by atoms with E-state index in [0.717, 1.165) is 43.4 Å². The summed E-state index contributed by atoms with van der Waals surface area (Å²) in [5.74, 6) is -0.0669. The Balaban J connectivity index is 1.77. The maximum Gasteiger partial charge on any atom is 0.236 e. The van der Waals surface area contributed by atoms with E-state index >= 15 is 0 Å². The second-order valence-corrected chi connectivity index (χ2v) is 8.33. The molecular formula is C19H24N6OS. The van der Waals surface area contributed by atoms with Crippen LogP contribution < -0.4 is 0 Å². The highest BCUT2D eigenvalue weighted by Crippen LogP contribution is 2.34. The smallest absolute Gasteiger partial charge is 0.236 e. The average Bonchev–Trinajstić information content (AvgIpc) is 3.15. The molecule has 0 N–H and O–H groups in total. The van der Waals surface area contributed by atoms with Crippen LogP contribution in [0.5, 0.6) is 0 Å². The standard InChI is InChI=1S/C19H24N6OS/c1-14-9-5-6-10-16(14)25-18(21-22-23-25)27-15(2)17(26)24(3)19(13-20)11-7-4-8-12-19/h5-6,9-10,15H,4,7-8,11-12H2,1-3H3/t15-/m1/s1. The first-order valence-corrected chi connectivity index (χ1v) is 10.1. The number of benzene rings is 1. The molecule has 1 aliphatic carbocycles. The molecule has 1 saturated carbocycles. The van der Waals surface area contributed by atoms with Gasteiger partial charge in [-0.15, -0.1) is 5.10 Å². The SMILES string of the molecule is Cc1ccccc1-n1nnnc1S[C@H](C)C(=O)N(C)C1(C#N)CCCCC1. The van der Waals surface area contributed by atoms with Gasteiger partial charge in [-0.05, 0) is 48.7 Å². The van der Waals surface area contributed by atoms with Crippen LogP contribution in [0.25, 0.3) is 5.69 Å². The zero-order valence-electron chi connectivity index (χ0n) is 15.9. The molecule has 8 heteroatoms. The minimum atomic E-state index is -0.688. The first kappa shape index (κ1) is 19.4. The fourth-order valence-electron chi connectivity index (χ4n) is 3.56. The number of thioether (sulfide) groups is 1. The van der Waals surface area contributed by atoms with Crippen molar-refractivity contribution >= 4 is 17.7 Å². The van der Waals surface area contributed by atoms with Crippen molar-refractivity contribution < 1.29 is 4.79 Å². The number of tetrazole rings is 1. The van der Waals surface area contributed by atoms with Crippen molar-refractivity contribution in [3.63, 3.8) is 0 Å². The van der Waals surface area contributed by atoms with Gasteiger partial charge in [-0.3, -0.25) is 4.79 Å². The number of hydrogen-bond acceptors (Lipinski definition) is 6. The molecule has 1 aliphatic rings. The normalized spacial score (nSPS) is 17.1. The lowest BCUT2D eigenvalue weighted by Gasteiger charge is -2.40. The highest BCUT2D eigenvalue weighted by atomic mass is 32.2. The van der Waals surface area contributed by atoms with Gasteiger partial charge in [-0.1, -0.05) is 49.2 Å². The number of aryl methyl sites for hydroxylation is 1. The van der Waals surface area contributed by atoms with Crippen LogP contribution in [0.1, 0.15) is 44.6 Å². The van der Waals surface area contributed by atoms with Gasteiger partial charge in [0.2, 0.25) is 11.1 Å². The Bertz CT molecular complexity index is 852. The Morgan fingerprint density at radius 3 is 2.70 bits per heavy atom. The van der Waals surface area contributed by atoms with Gasteiger partial charge in [-0.25, -0.2) is 0 Å². The van der Waals surface area contributed by atoms with Crippen molar-refractivity contribution in [3.05, 3.63) is 29.8 Å². The van der Waals surface area contributed by atoms with E-state index in [4.69, 9.17) is 0 Å². The Hall–Kier alpha value is -2.40. The van der Waals surface area contributed by atoms with E-state index in [0.29, 0.717) is 5.16 Å². The highest BCUT2D eigenvalue weighted by molar-refractivity contribution is 8.00. The zero-order chi connectivity index (χ0) is 19.4. The molecule has 27 heavy (non-hydrogen) atoms. The fraction of sp³-hybridized carbons (Fsp3) is 0.526. The van der Waals surface area contributed by atoms with Gasteiger partial charge in [-0.2, -0.15) is 9.94 Å². The first-order valence-electron chi connectivity index (χ1n) is 9.18. The van der Waals surface area contributed by atoms with E-state index in [2.05, 4.69) is 21.6 Å². The molecule has 0 radical (unpaired) electrons. The Labute approximate surface area is 163 Å². The molecule has 0 spiro atoms. The summed E-state index contributed by atoms with van der Waals surface area (Å²) in [6.45, 7) is 3.84. The fourth-order valence-corrected chi connectivity index (χ4v) is 4.45. The van der Waals surface area contributed by atoms with Crippen molar-refractivity contribution in [1.29, 1.82) is 5.26 Å². The number of nitriles is 1. The van der Waals surface area contributed by atoms with Crippen LogP contribution in [0.4, 0.5) is 0 Å². The van der Waals surface area contributed by atoms with Crippen LogP contribution in [-0.2, 0) is 4.79 Å². The van der Waals surface area contributed by atoms with E-state index in [-0.39, 0.29) is 5.91 Å². The van der Waals surface area contributed by atoms with Gasteiger partial charge in [0.05, 0.1) is 17.0 Å². The second-order valence-electron chi connectivity index (χ2n) is 7.02. The Kier molecular flexibility index (Phi) is 5.80. The molecule has 1 aromatic carbocycles. The van der Waals surface area contributed by atoms with E-state index in [9.17, 15) is 10.1 Å². The van der Waals surface area contributed by atoms with Gasteiger partial charge in [0, 0.05) is 7.05 Å². The minimum Gasteiger partial charge on any atom is -0.326 e. The molecule has 1 amide bonds. The quantitative estimate of drug-likeness (QED) is 0.736. The number of rotatable bonds is 5. The first-order chi connectivity index (χ1) is 13.0. The predicted octanol–water partition coefficient (Wildman–Crippen LogP) is 3.14. The summed E-state index contributed by atoms with van der Waals surface area (Å²) in [6.07, 6.45) is 4.57. The summed E-state index contributed by atoms with van der Waals surface area (Å²) in [5.41, 5.74) is 1.25. The summed E-state index contributed by atoms with van der Waals surface area (Å²) in [4.78, 5) is 14.7. The molecule has 1 aromatic heterocycles. The molecule has 0 aliphatic heterocycles. The van der Waals surface area contributed by atoms with E-state index in [1.54, 1.807) is 16.6 Å². The lowest BCUT2D eigenvalue weighted by molar-refractivity contribution is -0.133. The van der Waals surface area contributed by atoms with Gasteiger partial charge >= 0.3 is 0 Å². The maximum absolute atomic E-state index is 13.0. The van der Waals surface area contributed by atoms with Crippen LogP contribution in [0, 0.1) is 18.3 Å². The van der Waals surface area contributed by atoms with Crippen LogP contribution >= 0.6 is 11.8 Å². The van der Waals surface area contributed by atoms with E-state index in [1.165, 1.54) is 11.8 Å². The molecule has 0 bridgehead atoms. The molecule has 0 unspecified atom stereocenters. The number of amides is 1. The lowest BCUT2D eigenvalue weighted by atomic mass is 9.81. The number of carbonyl (C=O) groups is 1. The van der Waals surface area contributed by atoms with Crippen LogP contribution in [0.3, 0.4) is 0 Å². The third-order valence-electron chi connectivity index (χ3n) is 5.28. The summed E-state index contributed by atoms with van der Waals surface area (Å²) < 4.78 is 1.66.